The van der Waals surface area contributed by atoms with Gasteiger partial charge < -0.3 is 33.5 Å². The molecule has 0 amide bonds. The predicted molar refractivity (Wildman–Crippen MR) is 88.1 cm³/mol. The molecule has 0 aliphatic carbocycles. The Morgan fingerprint density at radius 3 is 2.54 bits per heavy atom. The minimum absolute atomic E-state index is 0.0239. The maximum absolute atomic E-state index is 10.7. The van der Waals surface area contributed by atoms with E-state index >= 15 is 0 Å². The Morgan fingerprint density at radius 2 is 1.92 bits per heavy atom. The number of aliphatic hydroxyl groups excluding tert-OH is 1. The van der Waals surface area contributed by atoms with E-state index in [-0.39, 0.29) is 18.6 Å². The quantitative estimate of drug-likeness (QED) is 0.418. The SMILES string of the molecule is CCC1O[C@@H](O[C@@H]2C3CO[C@H](O3)C(N=[N+]=[N-])[C@@H]2OC)C(O)[C@H](OC)[C@@H]1C. The van der Waals surface area contributed by atoms with E-state index in [1.165, 1.54) is 7.11 Å². The van der Waals surface area contributed by atoms with Gasteiger partial charge in [-0.15, -0.1) is 0 Å². The van der Waals surface area contributed by atoms with Crippen molar-refractivity contribution in [1.29, 1.82) is 0 Å². The summed E-state index contributed by atoms with van der Waals surface area (Å²) in [7, 11) is 3.08. The molecule has 0 radical (unpaired) electrons. The fraction of sp³-hybridized carbons (Fsp3) is 1.00. The third kappa shape index (κ3) is 3.44. The van der Waals surface area contributed by atoms with Gasteiger partial charge in [-0.2, -0.15) is 0 Å². The lowest BCUT2D eigenvalue weighted by Crippen LogP contribution is -2.60. The number of nitrogens with zero attached hydrogens (tertiary/aromatic N) is 3. The van der Waals surface area contributed by atoms with Gasteiger partial charge >= 0.3 is 0 Å². The zero-order valence-electron chi connectivity index (χ0n) is 15.4. The van der Waals surface area contributed by atoms with Gasteiger partial charge in [-0.25, -0.2) is 0 Å². The summed E-state index contributed by atoms with van der Waals surface area (Å²) in [5.74, 6) is 0.0239. The number of hydrogen-bond donors (Lipinski definition) is 1. The van der Waals surface area contributed by atoms with Crippen LogP contribution in [0.25, 0.3) is 10.4 Å². The average molecular weight is 373 g/mol. The molecule has 26 heavy (non-hydrogen) atoms. The molecule has 10 heteroatoms. The van der Waals surface area contributed by atoms with E-state index in [4.69, 9.17) is 34.0 Å². The molecule has 0 spiro atoms. The highest BCUT2D eigenvalue weighted by Gasteiger charge is 2.54. The molecular formula is C16H27N3O7. The van der Waals surface area contributed by atoms with Gasteiger partial charge in [0.1, 0.15) is 24.4 Å². The molecule has 3 aliphatic rings. The second-order valence-electron chi connectivity index (χ2n) is 6.87. The molecule has 1 N–H and O–H groups in total. The standard InChI is InChI=1S/C16H27N3O7/c1-5-8-7(2)12(21-3)11(20)16(24-8)26-13-9-6-23-15(25-9)10(18-19-17)14(13)22-4/h7-16,20H,5-6H2,1-4H3/t7-,8?,9?,10?,11?,12-,13-,14+,15-,16+/m1/s1. The summed E-state index contributed by atoms with van der Waals surface area (Å²) in [6.07, 6.45) is -3.88. The lowest BCUT2D eigenvalue weighted by atomic mass is 9.89. The fourth-order valence-electron chi connectivity index (χ4n) is 4.11. The molecule has 10 atom stereocenters. The molecule has 3 fully saturated rings. The molecular weight excluding hydrogens is 346 g/mol. The van der Waals surface area contributed by atoms with Gasteiger partial charge in [0.05, 0.1) is 24.9 Å². The number of ether oxygens (including phenoxy) is 6. The van der Waals surface area contributed by atoms with E-state index in [0.29, 0.717) is 0 Å². The molecule has 148 valence electrons. The molecule has 3 heterocycles. The van der Waals surface area contributed by atoms with Crippen LogP contribution in [0.1, 0.15) is 20.3 Å². The van der Waals surface area contributed by atoms with Crippen LogP contribution in [0.15, 0.2) is 5.11 Å². The van der Waals surface area contributed by atoms with Crippen molar-refractivity contribution in [2.75, 3.05) is 20.8 Å². The van der Waals surface area contributed by atoms with Gasteiger partial charge in [0.15, 0.2) is 12.6 Å². The topological polar surface area (TPSA) is 124 Å². The van der Waals surface area contributed by atoms with Crippen molar-refractivity contribution in [3.8, 4) is 0 Å². The summed E-state index contributed by atoms with van der Waals surface area (Å²) in [6.45, 7) is 4.28. The van der Waals surface area contributed by atoms with Crippen molar-refractivity contribution in [2.45, 2.75) is 75.5 Å². The van der Waals surface area contributed by atoms with Crippen LogP contribution in [0, 0.1) is 5.92 Å². The van der Waals surface area contributed by atoms with Crippen LogP contribution in [-0.4, -0.2) is 81.2 Å². The maximum Gasteiger partial charge on any atom is 0.186 e. The molecule has 3 aliphatic heterocycles. The zero-order valence-corrected chi connectivity index (χ0v) is 15.4. The minimum atomic E-state index is -0.965. The molecule has 10 nitrogen and oxygen atoms in total. The normalized spacial score (nSPS) is 48.2. The highest BCUT2D eigenvalue weighted by atomic mass is 16.8. The van der Waals surface area contributed by atoms with Gasteiger partial charge in [0.2, 0.25) is 0 Å². The van der Waals surface area contributed by atoms with E-state index in [0.717, 1.165) is 6.42 Å². The third-order valence-corrected chi connectivity index (χ3v) is 5.49. The van der Waals surface area contributed by atoms with Gasteiger partial charge in [-0.3, -0.25) is 0 Å². The van der Waals surface area contributed by atoms with Crippen molar-refractivity contribution in [2.24, 2.45) is 11.0 Å². The molecule has 0 aromatic rings. The highest BCUT2D eigenvalue weighted by Crippen LogP contribution is 2.37. The van der Waals surface area contributed by atoms with Crippen LogP contribution in [0.3, 0.4) is 0 Å². The first-order valence-corrected chi connectivity index (χ1v) is 8.91. The Labute approximate surface area is 152 Å². The van der Waals surface area contributed by atoms with Gasteiger partial charge in [-0.05, 0) is 12.0 Å². The summed E-state index contributed by atoms with van der Waals surface area (Å²) in [5, 5.41) is 14.4. The van der Waals surface area contributed by atoms with E-state index in [2.05, 4.69) is 10.0 Å². The van der Waals surface area contributed by atoms with Gasteiger partial charge in [0.25, 0.3) is 0 Å². The smallest absolute Gasteiger partial charge is 0.186 e. The number of methoxy groups -OCH3 is 2. The second kappa shape index (κ2) is 8.37. The molecule has 0 saturated carbocycles. The average Bonchev–Trinajstić information content (AvgIpc) is 3.07. The Kier molecular flexibility index (Phi) is 6.37. The third-order valence-electron chi connectivity index (χ3n) is 5.49. The Morgan fingerprint density at radius 1 is 1.19 bits per heavy atom. The zero-order chi connectivity index (χ0) is 18.8. The molecule has 4 unspecified atom stereocenters. The Balaban J connectivity index is 1.80. The number of rotatable bonds is 6. The highest BCUT2D eigenvalue weighted by molar-refractivity contribution is 5.00. The first kappa shape index (κ1) is 19.8. The summed E-state index contributed by atoms with van der Waals surface area (Å²) in [4.78, 5) is 2.86. The van der Waals surface area contributed by atoms with E-state index < -0.39 is 49.1 Å². The maximum atomic E-state index is 10.7. The Hall–Kier alpha value is -0.970. The van der Waals surface area contributed by atoms with E-state index in [1.807, 2.05) is 13.8 Å². The van der Waals surface area contributed by atoms with E-state index in [1.54, 1.807) is 7.11 Å². The number of aliphatic hydroxyl groups is 1. The second-order valence-corrected chi connectivity index (χ2v) is 6.87. The van der Waals surface area contributed by atoms with Crippen molar-refractivity contribution in [1.82, 2.24) is 0 Å². The van der Waals surface area contributed by atoms with Gasteiger partial charge in [0, 0.05) is 25.0 Å². The van der Waals surface area contributed by atoms with Crippen LogP contribution in [0.5, 0.6) is 0 Å². The van der Waals surface area contributed by atoms with Crippen LogP contribution >= 0.6 is 0 Å². The lowest BCUT2D eigenvalue weighted by molar-refractivity contribution is -0.323. The molecule has 3 saturated heterocycles. The van der Waals surface area contributed by atoms with Gasteiger partial charge in [-0.1, -0.05) is 19.0 Å². The van der Waals surface area contributed by atoms with Crippen LogP contribution < -0.4 is 0 Å². The first-order chi connectivity index (χ1) is 12.5. The summed E-state index contributed by atoms with van der Waals surface area (Å²) >= 11 is 0. The van der Waals surface area contributed by atoms with Crippen molar-refractivity contribution in [3.05, 3.63) is 10.4 Å². The summed E-state index contributed by atoms with van der Waals surface area (Å²) < 4.78 is 34.4. The van der Waals surface area contributed by atoms with E-state index in [9.17, 15) is 5.11 Å². The minimum Gasteiger partial charge on any atom is -0.385 e. The van der Waals surface area contributed by atoms with Crippen LogP contribution in [-0.2, 0) is 28.4 Å². The van der Waals surface area contributed by atoms with Crippen molar-refractivity contribution >= 4 is 0 Å². The number of azide groups is 1. The monoisotopic (exact) mass is 373 g/mol. The fourth-order valence-corrected chi connectivity index (χ4v) is 4.11. The molecule has 0 aromatic heterocycles. The van der Waals surface area contributed by atoms with Crippen molar-refractivity contribution in [3.63, 3.8) is 0 Å². The van der Waals surface area contributed by atoms with Crippen LogP contribution in [0.4, 0.5) is 0 Å². The van der Waals surface area contributed by atoms with Crippen LogP contribution in [0.2, 0.25) is 0 Å². The predicted octanol–water partition coefficient (Wildman–Crippen LogP) is 0.967. The molecule has 3 rings (SSSR count). The first-order valence-electron chi connectivity index (χ1n) is 8.91. The summed E-state index contributed by atoms with van der Waals surface area (Å²) in [5.41, 5.74) is 8.84. The molecule has 0 aromatic carbocycles. The largest absolute Gasteiger partial charge is 0.385 e. The van der Waals surface area contributed by atoms with Crippen molar-refractivity contribution < 1.29 is 33.5 Å². The lowest BCUT2D eigenvalue weighted by Gasteiger charge is -2.46. The summed E-state index contributed by atoms with van der Waals surface area (Å²) in [6, 6.07) is -0.686. The number of fused-ring (bicyclic) bond motifs is 2. The number of hydrogen-bond acceptors (Lipinski definition) is 8. The Bertz CT molecular complexity index is 532. The molecule has 2 bridgehead atoms.